The molecule has 1 aliphatic rings. The maximum atomic E-state index is 5.53. The number of fused-ring (bicyclic) bond motifs is 2. The number of hydrogen-bond donors (Lipinski definition) is 0. The zero-order valence-electron chi connectivity index (χ0n) is 15.1. The van der Waals surface area contributed by atoms with Crippen molar-refractivity contribution in [3.05, 3.63) is 71.8 Å². The molecular weight excluding hydrogens is 308 g/mol. The lowest BCUT2D eigenvalue weighted by Crippen LogP contribution is -2.20. The molecule has 0 amide bonds. The molecule has 0 N–H and O–H groups in total. The second-order valence-corrected chi connectivity index (χ2v) is 7.66. The summed E-state index contributed by atoms with van der Waals surface area (Å²) in [7, 11) is 0. The van der Waals surface area contributed by atoms with Gasteiger partial charge in [0.25, 0.3) is 0 Å². The molecule has 4 rings (SSSR count). The Morgan fingerprint density at radius 3 is 2.48 bits per heavy atom. The molecule has 0 saturated carbocycles. The molecule has 1 aliphatic heterocycles. The highest BCUT2D eigenvalue weighted by Gasteiger charge is 2.25. The predicted octanol–water partition coefficient (Wildman–Crippen LogP) is 6.04. The first-order valence-electron chi connectivity index (χ1n) is 8.92. The molecule has 0 saturated heterocycles. The van der Waals surface area contributed by atoms with Crippen LogP contribution >= 0.6 is 0 Å². The summed E-state index contributed by atoms with van der Waals surface area (Å²) in [5, 5.41) is 2.61. The number of hydrogen-bond acceptors (Lipinski definition) is 2. The van der Waals surface area contributed by atoms with Crippen LogP contribution in [0.4, 0.5) is 0 Å². The Morgan fingerprint density at radius 1 is 0.880 bits per heavy atom. The number of rotatable bonds is 4. The molecule has 3 aromatic rings. The third kappa shape index (κ3) is 3.09. The molecule has 2 nitrogen and oxygen atoms in total. The van der Waals surface area contributed by atoms with Crippen molar-refractivity contribution in [3.63, 3.8) is 0 Å². The van der Waals surface area contributed by atoms with E-state index in [0.29, 0.717) is 12.7 Å². The standard InChI is InChI=1S/C23H24O2/c1-16(18-9-11-21-22(13-18)25-15-24-21)14-23(2,3)20-10-8-17-6-4-5-7-19(17)12-20/h4-13,16H,14-15H2,1-3H3. The van der Waals surface area contributed by atoms with Crippen LogP contribution in [0.2, 0.25) is 0 Å². The van der Waals surface area contributed by atoms with E-state index in [1.807, 2.05) is 6.07 Å². The molecule has 0 bridgehead atoms. The Balaban J connectivity index is 1.58. The van der Waals surface area contributed by atoms with Crippen molar-refractivity contribution >= 4 is 10.8 Å². The number of benzene rings is 3. The van der Waals surface area contributed by atoms with Crippen LogP contribution in [0.15, 0.2) is 60.7 Å². The van der Waals surface area contributed by atoms with Crippen molar-refractivity contribution in [1.29, 1.82) is 0 Å². The molecule has 2 heteroatoms. The lowest BCUT2D eigenvalue weighted by atomic mass is 9.75. The van der Waals surface area contributed by atoms with Gasteiger partial charge in [0.05, 0.1) is 0 Å². The Kier molecular flexibility index (Phi) is 3.91. The molecule has 1 unspecified atom stereocenters. The van der Waals surface area contributed by atoms with Crippen LogP contribution in [0.5, 0.6) is 11.5 Å². The molecule has 0 aromatic heterocycles. The van der Waals surface area contributed by atoms with Crippen LogP contribution in [0.3, 0.4) is 0 Å². The molecule has 0 spiro atoms. The van der Waals surface area contributed by atoms with Gasteiger partial charge in [0.2, 0.25) is 6.79 Å². The molecular formula is C23H24O2. The predicted molar refractivity (Wildman–Crippen MR) is 103 cm³/mol. The molecule has 1 heterocycles. The highest BCUT2D eigenvalue weighted by atomic mass is 16.7. The minimum atomic E-state index is 0.0970. The first-order valence-corrected chi connectivity index (χ1v) is 8.92. The molecule has 0 aliphatic carbocycles. The van der Waals surface area contributed by atoms with E-state index in [1.54, 1.807) is 0 Å². The summed E-state index contributed by atoms with van der Waals surface area (Å²) in [5.41, 5.74) is 2.79. The van der Waals surface area contributed by atoms with Crippen LogP contribution in [0.25, 0.3) is 10.8 Å². The second kappa shape index (κ2) is 6.11. The maximum absolute atomic E-state index is 5.53. The van der Waals surface area contributed by atoms with Crippen molar-refractivity contribution in [2.75, 3.05) is 6.79 Å². The van der Waals surface area contributed by atoms with E-state index < -0.39 is 0 Å². The van der Waals surface area contributed by atoms with E-state index in [4.69, 9.17) is 9.47 Å². The molecule has 0 fully saturated rings. The SMILES string of the molecule is CC(CC(C)(C)c1ccc2ccccc2c1)c1ccc2c(c1)OCO2. The monoisotopic (exact) mass is 332 g/mol. The van der Waals surface area contributed by atoms with Crippen LogP contribution in [-0.2, 0) is 5.41 Å². The van der Waals surface area contributed by atoms with Gasteiger partial charge in [0.15, 0.2) is 11.5 Å². The first kappa shape index (κ1) is 16.0. The maximum Gasteiger partial charge on any atom is 0.231 e. The summed E-state index contributed by atoms with van der Waals surface area (Å²) >= 11 is 0. The van der Waals surface area contributed by atoms with Gasteiger partial charge in [-0.15, -0.1) is 0 Å². The first-order chi connectivity index (χ1) is 12.0. The van der Waals surface area contributed by atoms with Gasteiger partial charge in [0, 0.05) is 0 Å². The quantitative estimate of drug-likeness (QED) is 0.580. The van der Waals surface area contributed by atoms with Crippen molar-refractivity contribution in [2.45, 2.75) is 38.5 Å². The zero-order valence-corrected chi connectivity index (χ0v) is 15.1. The molecule has 1 atom stereocenters. The van der Waals surface area contributed by atoms with Gasteiger partial charge in [-0.25, -0.2) is 0 Å². The minimum Gasteiger partial charge on any atom is -0.454 e. The lowest BCUT2D eigenvalue weighted by Gasteiger charge is -2.29. The molecule has 0 radical (unpaired) electrons. The van der Waals surface area contributed by atoms with Crippen LogP contribution in [0, 0.1) is 0 Å². The molecule has 3 aromatic carbocycles. The highest BCUT2D eigenvalue weighted by molar-refractivity contribution is 5.83. The summed E-state index contributed by atoms with van der Waals surface area (Å²) in [4.78, 5) is 0. The van der Waals surface area contributed by atoms with Crippen molar-refractivity contribution in [1.82, 2.24) is 0 Å². The average Bonchev–Trinajstić information content (AvgIpc) is 3.08. The van der Waals surface area contributed by atoms with E-state index in [1.165, 1.54) is 21.9 Å². The minimum absolute atomic E-state index is 0.0970. The Hall–Kier alpha value is -2.48. The van der Waals surface area contributed by atoms with Gasteiger partial charge in [-0.3, -0.25) is 0 Å². The van der Waals surface area contributed by atoms with E-state index in [-0.39, 0.29) is 5.41 Å². The van der Waals surface area contributed by atoms with Gasteiger partial charge in [0.1, 0.15) is 0 Å². The van der Waals surface area contributed by atoms with Crippen LogP contribution < -0.4 is 9.47 Å². The van der Waals surface area contributed by atoms with Gasteiger partial charge >= 0.3 is 0 Å². The summed E-state index contributed by atoms with van der Waals surface area (Å²) in [5.74, 6) is 2.16. The summed E-state index contributed by atoms with van der Waals surface area (Å²) < 4.78 is 11.0. The van der Waals surface area contributed by atoms with Gasteiger partial charge < -0.3 is 9.47 Å². The summed E-state index contributed by atoms with van der Waals surface area (Å²) in [6, 6.07) is 21.7. The molecule has 128 valence electrons. The normalized spacial score (nSPS) is 14.7. The highest BCUT2D eigenvalue weighted by Crippen LogP contribution is 2.39. The topological polar surface area (TPSA) is 18.5 Å². The third-order valence-electron chi connectivity index (χ3n) is 5.31. The Morgan fingerprint density at radius 2 is 1.64 bits per heavy atom. The van der Waals surface area contributed by atoms with Gasteiger partial charge in [-0.05, 0) is 51.8 Å². The van der Waals surface area contributed by atoms with E-state index in [9.17, 15) is 0 Å². The van der Waals surface area contributed by atoms with Crippen LogP contribution in [0.1, 0.15) is 44.2 Å². The Labute approximate surface area is 149 Å². The second-order valence-electron chi connectivity index (χ2n) is 7.66. The fourth-order valence-electron chi connectivity index (χ4n) is 3.83. The summed E-state index contributed by atoms with van der Waals surface area (Å²) in [6.07, 6.45) is 1.07. The van der Waals surface area contributed by atoms with E-state index in [0.717, 1.165) is 17.9 Å². The smallest absolute Gasteiger partial charge is 0.231 e. The zero-order chi connectivity index (χ0) is 17.4. The summed E-state index contributed by atoms with van der Waals surface area (Å²) in [6.45, 7) is 7.29. The number of ether oxygens (including phenoxy) is 2. The average molecular weight is 332 g/mol. The van der Waals surface area contributed by atoms with Crippen molar-refractivity contribution in [3.8, 4) is 11.5 Å². The van der Waals surface area contributed by atoms with E-state index >= 15 is 0 Å². The van der Waals surface area contributed by atoms with Gasteiger partial charge in [-0.2, -0.15) is 0 Å². The van der Waals surface area contributed by atoms with Crippen molar-refractivity contribution < 1.29 is 9.47 Å². The van der Waals surface area contributed by atoms with E-state index in [2.05, 4.69) is 75.4 Å². The molecule has 25 heavy (non-hydrogen) atoms. The largest absolute Gasteiger partial charge is 0.454 e. The fourth-order valence-corrected chi connectivity index (χ4v) is 3.83. The Bertz CT molecular complexity index is 911. The fraction of sp³-hybridized carbons (Fsp3) is 0.304. The van der Waals surface area contributed by atoms with Crippen molar-refractivity contribution in [2.24, 2.45) is 0 Å². The van der Waals surface area contributed by atoms with Crippen LogP contribution in [-0.4, -0.2) is 6.79 Å². The lowest BCUT2D eigenvalue weighted by molar-refractivity contribution is 0.174. The third-order valence-corrected chi connectivity index (χ3v) is 5.31. The van der Waals surface area contributed by atoms with Gasteiger partial charge in [-0.1, -0.05) is 69.3 Å².